The van der Waals surface area contributed by atoms with Crippen molar-refractivity contribution in [3.8, 4) is 11.8 Å². The summed E-state index contributed by atoms with van der Waals surface area (Å²) in [6, 6.07) is 4.52. The molecular formula is C13H12ClF2NO3. The largest absolute Gasteiger partial charge is 0.466 e. The lowest BCUT2D eigenvalue weighted by molar-refractivity contribution is -0.142. The lowest BCUT2D eigenvalue weighted by Crippen LogP contribution is -2.11. The van der Waals surface area contributed by atoms with Crippen LogP contribution in [-0.4, -0.2) is 19.2 Å². The van der Waals surface area contributed by atoms with Gasteiger partial charge in [0.15, 0.2) is 0 Å². The van der Waals surface area contributed by atoms with E-state index in [4.69, 9.17) is 21.6 Å². The SMILES string of the molecule is CCOC(=O)Cc1cc(CCl)cc(OC(F)F)c1C#N. The number of halogens is 3. The van der Waals surface area contributed by atoms with E-state index >= 15 is 0 Å². The first kappa shape index (κ1) is 16.2. The van der Waals surface area contributed by atoms with Gasteiger partial charge in [-0.15, -0.1) is 11.6 Å². The lowest BCUT2D eigenvalue weighted by Gasteiger charge is -2.12. The molecule has 108 valence electrons. The van der Waals surface area contributed by atoms with Crippen molar-refractivity contribution in [2.75, 3.05) is 6.61 Å². The standard InChI is InChI=1S/C13H12ClF2NO3/c1-2-19-12(18)5-9-3-8(6-14)4-11(10(9)7-17)20-13(15)16/h3-4,13H,2,5-6H2,1H3. The molecule has 0 unspecified atom stereocenters. The van der Waals surface area contributed by atoms with Gasteiger partial charge in [0, 0.05) is 5.88 Å². The van der Waals surface area contributed by atoms with Crippen LogP contribution in [0.2, 0.25) is 0 Å². The van der Waals surface area contributed by atoms with Crippen LogP contribution in [0.25, 0.3) is 0 Å². The number of esters is 1. The van der Waals surface area contributed by atoms with E-state index in [9.17, 15) is 13.6 Å². The molecule has 0 heterocycles. The van der Waals surface area contributed by atoms with Gasteiger partial charge in [-0.1, -0.05) is 6.07 Å². The molecule has 0 radical (unpaired) electrons. The van der Waals surface area contributed by atoms with Crippen LogP contribution >= 0.6 is 11.6 Å². The Hall–Kier alpha value is -1.87. The van der Waals surface area contributed by atoms with E-state index in [1.807, 2.05) is 0 Å². The highest BCUT2D eigenvalue weighted by atomic mass is 35.5. The molecule has 0 bridgehead atoms. The Balaban J connectivity index is 3.19. The summed E-state index contributed by atoms with van der Waals surface area (Å²) in [4.78, 5) is 11.5. The van der Waals surface area contributed by atoms with Crippen LogP contribution < -0.4 is 4.74 Å². The number of nitrogens with zero attached hydrogens (tertiary/aromatic N) is 1. The van der Waals surface area contributed by atoms with Gasteiger partial charge >= 0.3 is 12.6 Å². The van der Waals surface area contributed by atoms with Crippen molar-refractivity contribution in [1.29, 1.82) is 5.26 Å². The molecule has 0 atom stereocenters. The fourth-order valence-corrected chi connectivity index (χ4v) is 1.79. The fourth-order valence-electron chi connectivity index (χ4n) is 1.64. The summed E-state index contributed by atoms with van der Waals surface area (Å²) in [7, 11) is 0. The number of benzene rings is 1. The Morgan fingerprint density at radius 1 is 1.50 bits per heavy atom. The molecule has 4 nitrogen and oxygen atoms in total. The van der Waals surface area contributed by atoms with Crippen molar-refractivity contribution < 1.29 is 23.0 Å². The van der Waals surface area contributed by atoms with Crippen molar-refractivity contribution in [3.05, 3.63) is 28.8 Å². The predicted molar refractivity (Wildman–Crippen MR) is 67.7 cm³/mol. The summed E-state index contributed by atoms with van der Waals surface area (Å²) in [6.45, 7) is -1.23. The average molecular weight is 304 g/mol. The zero-order valence-electron chi connectivity index (χ0n) is 10.7. The highest BCUT2D eigenvalue weighted by Gasteiger charge is 2.17. The number of hydrogen-bond acceptors (Lipinski definition) is 4. The zero-order valence-corrected chi connectivity index (χ0v) is 11.4. The molecule has 20 heavy (non-hydrogen) atoms. The van der Waals surface area contributed by atoms with Gasteiger partial charge in [-0.2, -0.15) is 14.0 Å². The molecule has 1 aromatic rings. The smallest absolute Gasteiger partial charge is 0.387 e. The number of nitriles is 1. The summed E-state index contributed by atoms with van der Waals surface area (Å²) < 4.78 is 33.7. The predicted octanol–water partition coefficient (Wildman–Crippen LogP) is 3.00. The van der Waals surface area contributed by atoms with Crippen LogP contribution in [0.4, 0.5) is 8.78 Å². The van der Waals surface area contributed by atoms with Gasteiger partial charge in [-0.3, -0.25) is 4.79 Å². The molecule has 0 saturated carbocycles. The van der Waals surface area contributed by atoms with Gasteiger partial charge in [-0.05, 0) is 24.1 Å². The quantitative estimate of drug-likeness (QED) is 0.599. The molecule has 7 heteroatoms. The van der Waals surface area contributed by atoms with Crippen molar-refractivity contribution in [2.45, 2.75) is 25.8 Å². The summed E-state index contributed by atoms with van der Waals surface area (Å²) in [5.74, 6) is -0.806. The zero-order chi connectivity index (χ0) is 15.1. The second-order valence-corrected chi connectivity index (χ2v) is 4.00. The molecule has 0 saturated heterocycles. The Kier molecular flexibility index (Phi) is 6.19. The Bertz CT molecular complexity index is 529. The van der Waals surface area contributed by atoms with E-state index in [1.165, 1.54) is 12.1 Å². The van der Waals surface area contributed by atoms with Gasteiger partial charge < -0.3 is 9.47 Å². The molecule has 1 rings (SSSR count). The summed E-state index contributed by atoms with van der Waals surface area (Å²) in [5.41, 5.74) is 0.604. The minimum atomic E-state index is -3.07. The third-order valence-electron chi connectivity index (χ3n) is 2.37. The fraction of sp³-hybridized carbons (Fsp3) is 0.385. The molecule has 0 N–H and O–H groups in total. The second kappa shape index (κ2) is 7.65. The Morgan fingerprint density at radius 2 is 2.20 bits per heavy atom. The van der Waals surface area contributed by atoms with Gasteiger partial charge in [0.2, 0.25) is 0 Å². The third-order valence-corrected chi connectivity index (χ3v) is 2.67. The van der Waals surface area contributed by atoms with Crippen molar-refractivity contribution in [2.24, 2.45) is 0 Å². The van der Waals surface area contributed by atoms with Crippen LogP contribution in [-0.2, 0) is 21.8 Å². The van der Waals surface area contributed by atoms with Gasteiger partial charge in [-0.25, -0.2) is 0 Å². The van der Waals surface area contributed by atoms with Gasteiger partial charge in [0.05, 0.1) is 18.6 Å². The number of ether oxygens (including phenoxy) is 2. The molecule has 0 spiro atoms. The van der Waals surface area contributed by atoms with Crippen LogP contribution in [0.1, 0.15) is 23.6 Å². The number of alkyl halides is 3. The minimum absolute atomic E-state index is 0.0428. The number of carbonyl (C=O) groups excluding carboxylic acids is 1. The van der Waals surface area contributed by atoms with Crippen LogP contribution in [0.5, 0.6) is 5.75 Å². The Labute approximate surface area is 119 Å². The van der Waals surface area contributed by atoms with Crippen LogP contribution in [0.3, 0.4) is 0 Å². The number of hydrogen-bond donors (Lipinski definition) is 0. The molecular weight excluding hydrogens is 292 g/mol. The van der Waals surface area contributed by atoms with E-state index in [0.717, 1.165) is 0 Å². The normalized spacial score (nSPS) is 10.2. The maximum atomic E-state index is 12.3. The monoisotopic (exact) mass is 303 g/mol. The highest BCUT2D eigenvalue weighted by molar-refractivity contribution is 6.17. The first-order chi connectivity index (χ1) is 9.51. The Morgan fingerprint density at radius 3 is 2.70 bits per heavy atom. The van der Waals surface area contributed by atoms with Gasteiger partial charge in [0.1, 0.15) is 11.8 Å². The minimum Gasteiger partial charge on any atom is -0.466 e. The van der Waals surface area contributed by atoms with Crippen molar-refractivity contribution >= 4 is 17.6 Å². The lowest BCUT2D eigenvalue weighted by atomic mass is 10.0. The molecule has 1 aromatic carbocycles. The van der Waals surface area contributed by atoms with E-state index in [-0.39, 0.29) is 35.8 Å². The van der Waals surface area contributed by atoms with Gasteiger partial charge in [0.25, 0.3) is 0 Å². The molecule has 0 aromatic heterocycles. The average Bonchev–Trinajstić information content (AvgIpc) is 2.37. The maximum absolute atomic E-state index is 12.3. The van der Waals surface area contributed by atoms with E-state index in [0.29, 0.717) is 5.56 Å². The molecule has 0 aliphatic heterocycles. The summed E-state index contributed by atoms with van der Waals surface area (Å²) in [6.07, 6.45) is -0.207. The second-order valence-electron chi connectivity index (χ2n) is 3.73. The molecule has 0 amide bonds. The number of carbonyl (C=O) groups is 1. The first-order valence-electron chi connectivity index (χ1n) is 5.74. The summed E-state index contributed by atoms with van der Waals surface area (Å²) in [5, 5.41) is 9.06. The summed E-state index contributed by atoms with van der Waals surface area (Å²) >= 11 is 5.66. The van der Waals surface area contributed by atoms with E-state index in [1.54, 1.807) is 13.0 Å². The third kappa shape index (κ3) is 4.35. The molecule has 0 fully saturated rings. The molecule has 0 aliphatic carbocycles. The van der Waals surface area contributed by atoms with Crippen LogP contribution in [0.15, 0.2) is 12.1 Å². The maximum Gasteiger partial charge on any atom is 0.387 e. The van der Waals surface area contributed by atoms with E-state index in [2.05, 4.69) is 4.74 Å². The topological polar surface area (TPSA) is 59.3 Å². The van der Waals surface area contributed by atoms with E-state index < -0.39 is 12.6 Å². The van der Waals surface area contributed by atoms with Crippen molar-refractivity contribution in [1.82, 2.24) is 0 Å². The first-order valence-corrected chi connectivity index (χ1v) is 6.27. The van der Waals surface area contributed by atoms with Crippen molar-refractivity contribution in [3.63, 3.8) is 0 Å². The van der Waals surface area contributed by atoms with Crippen LogP contribution in [0, 0.1) is 11.3 Å². The number of rotatable bonds is 6. The highest BCUT2D eigenvalue weighted by Crippen LogP contribution is 2.27. The molecule has 0 aliphatic rings.